The number of ether oxygens (including phenoxy) is 3. The van der Waals surface area contributed by atoms with Gasteiger partial charge in [-0.25, -0.2) is 4.79 Å². The van der Waals surface area contributed by atoms with Gasteiger partial charge in [-0.15, -0.1) is 0 Å². The van der Waals surface area contributed by atoms with Gasteiger partial charge in [0.05, 0.1) is 14.2 Å². The van der Waals surface area contributed by atoms with E-state index in [9.17, 15) is 9.59 Å². The molecule has 0 bridgehead atoms. The molecule has 3 rings (SSSR count). The molecular weight excluding hydrogens is 412 g/mol. The van der Waals surface area contributed by atoms with Crippen LogP contribution in [0.25, 0.3) is 10.4 Å². The Labute approximate surface area is 186 Å². The predicted octanol–water partition coefficient (Wildman–Crippen LogP) is 5.06. The SMILES string of the molecule is COc1ccc(CC(OC(=O)N2CCCCC2)c2cc(OC)cc(C(=O)N=[N+]=[N-])c2)cc1. The second kappa shape index (κ2) is 11.1. The monoisotopic (exact) mass is 438 g/mol. The second-order valence-corrected chi connectivity index (χ2v) is 7.46. The van der Waals surface area contributed by atoms with Crippen molar-refractivity contribution < 1.29 is 23.8 Å². The maximum absolute atomic E-state index is 12.9. The number of hydrogen-bond acceptors (Lipinski definition) is 5. The van der Waals surface area contributed by atoms with E-state index >= 15 is 0 Å². The zero-order valence-electron chi connectivity index (χ0n) is 18.2. The van der Waals surface area contributed by atoms with Crippen molar-refractivity contribution in [3.63, 3.8) is 0 Å². The first kappa shape index (κ1) is 23.0. The average Bonchev–Trinajstić information content (AvgIpc) is 2.84. The zero-order chi connectivity index (χ0) is 22.9. The molecule has 0 radical (unpaired) electrons. The molecule has 1 atom stereocenters. The number of hydrogen-bond donors (Lipinski definition) is 0. The van der Waals surface area contributed by atoms with Gasteiger partial charge in [-0.2, -0.15) is 0 Å². The quantitative estimate of drug-likeness (QED) is 0.340. The third-order valence-corrected chi connectivity index (χ3v) is 5.36. The fraction of sp³-hybridized carbons (Fsp3) is 0.391. The van der Waals surface area contributed by atoms with Gasteiger partial charge in [-0.1, -0.05) is 12.1 Å². The molecule has 1 unspecified atom stereocenters. The summed E-state index contributed by atoms with van der Waals surface area (Å²) >= 11 is 0. The summed E-state index contributed by atoms with van der Waals surface area (Å²) in [6.45, 7) is 1.32. The number of nitrogens with zero attached hydrogens (tertiary/aromatic N) is 4. The highest BCUT2D eigenvalue weighted by molar-refractivity contribution is 5.95. The molecular formula is C23H26N4O5. The van der Waals surface area contributed by atoms with Crippen LogP contribution in [0.1, 0.15) is 46.9 Å². The highest BCUT2D eigenvalue weighted by Crippen LogP contribution is 2.29. The number of azide groups is 1. The Morgan fingerprint density at radius 1 is 1.03 bits per heavy atom. The van der Waals surface area contributed by atoms with Gasteiger partial charge in [0.15, 0.2) is 0 Å². The number of carbonyl (C=O) groups excluding carboxylic acids is 2. The predicted molar refractivity (Wildman–Crippen MR) is 118 cm³/mol. The first-order chi connectivity index (χ1) is 15.5. The standard InChI is InChI=1S/C23H26N4O5/c1-30-19-8-6-16(7-9-19)12-21(32-23(29)27-10-4-3-5-11-27)17-13-18(22(28)25-26-24)15-20(14-17)31-2/h6-9,13-15,21H,3-5,10-12H2,1-2H3. The molecule has 0 N–H and O–H groups in total. The van der Waals surface area contributed by atoms with Crippen molar-refractivity contribution in [2.24, 2.45) is 5.11 Å². The molecule has 0 saturated carbocycles. The van der Waals surface area contributed by atoms with Crippen molar-refractivity contribution in [3.8, 4) is 11.5 Å². The Balaban J connectivity index is 1.94. The van der Waals surface area contributed by atoms with E-state index < -0.39 is 18.1 Å². The van der Waals surface area contributed by atoms with Gasteiger partial charge in [0.2, 0.25) is 5.91 Å². The topological polar surface area (TPSA) is 114 Å². The van der Waals surface area contributed by atoms with E-state index in [0.29, 0.717) is 30.8 Å². The van der Waals surface area contributed by atoms with Crippen molar-refractivity contribution in [1.29, 1.82) is 0 Å². The molecule has 1 fully saturated rings. The van der Waals surface area contributed by atoms with Gasteiger partial charge in [-0.3, -0.25) is 4.79 Å². The minimum Gasteiger partial charge on any atom is -0.497 e. The number of methoxy groups -OCH3 is 2. The Morgan fingerprint density at radius 2 is 1.72 bits per heavy atom. The van der Waals surface area contributed by atoms with Crippen molar-refractivity contribution in [2.45, 2.75) is 31.8 Å². The lowest BCUT2D eigenvalue weighted by atomic mass is 9.98. The molecule has 0 aliphatic carbocycles. The van der Waals surface area contributed by atoms with Crippen LogP contribution in [-0.2, 0) is 11.2 Å². The number of benzene rings is 2. The van der Waals surface area contributed by atoms with Gasteiger partial charge in [0.25, 0.3) is 0 Å². The molecule has 2 amide bonds. The minimum atomic E-state index is -0.738. The summed E-state index contributed by atoms with van der Waals surface area (Å²) < 4.78 is 16.4. The number of carbonyl (C=O) groups is 2. The van der Waals surface area contributed by atoms with Crippen LogP contribution >= 0.6 is 0 Å². The molecule has 2 aromatic carbocycles. The van der Waals surface area contributed by atoms with Gasteiger partial charge in [0, 0.05) is 30.0 Å². The highest BCUT2D eigenvalue weighted by Gasteiger charge is 2.25. The summed E-state index contributed by atoms with van der Waals surface area (Å²) in [5, 5.41) is 3.16. The second-order valence-electron chi connectivity index (χ2n) is 7.46. The largest absolute Gasteiger partial charge is 0.497 e. The lowest BCUT2D eigenvalue weighted by molar-refractivity contribution is 0.0570. The van der Waals surface area contributed by atoms with Crippen LogP contribution in [0.15, 0.2) is 47.6 Å². The Hall–Kier alpha value is -3.71. The molecule has 9 nitrogen and oxygen atoms in total. The third kappa shape index (κ3) is 5.92. The molecule has 1 aliphatic rings. The summed E-state index contributed by atoms with van der Waals surface area (Å²) in [5.74, 6) is 0.380. The first-order valence-electron chi connectivity index (χ1n) is 10.4. The lowest BCUT2D eigenvalue weighted by Gasteiger charge is -2.29. The van der Waals surface area contributed by atoms with Crippen molar-refractivity contribution in [2.75, 3.05) is 27.3 Å². The summed E-state index contributed by atoms with van der Waals surface area (Å²) in [6, 6.07) is 12.2. The summed E-state index contributed by atoms with van der Waals surface area (Å²) in [5.41, 5.74) is 10.3. The van der Waals surface area contributed by atoms with E-state index in [-0.39, 0.29) is 5.56 Å². The molecule has 9 heteroatoms. The third-order valence-electron chi connectivity index (χ3n) is 5.36. The molecule has 0 aromatic heterocycles. The first-order valence-corrected chi connectivity index (χ1v) is 10.4. The fourth-order valence-electron chi connectivity index (χ4n) is 3.62. The Bertz CT molecular complexity index is 996. The Morgan fingerprint density at radius 3 is 2.34 bits per heavy atom. The van der Waals surface area contributed by atoms with E-state index in [1.165, 1.54) is 13.2 Å². The number of piperidine rings is 1. The van der Waals surface area contributed by atoms with Gasteiger partial charge in [0.1, 0.15) is 17.6 Å². The van der Waals surface area contributed by atoms with Crippen LogP contribution in [-0.4, -0.2) is 44.2 Å². The van der Waals surface area contributed by atoms with Crippen LogP contribution in [0.4, 0.5) is 4.79 Å². The maximum Gasteiger partial charge on any atom is 0.410 e. The minimum absolute atomic E-state index is 0.158. The van der Waals surface area contributed by atoms with E-state index in [0.717, 1.165) is 30.6 Å². The summed E-state index contributed by atoms with van der Waals surface area (Å²) in [7, 11) is 3.07. The van der Waals surface area contributed by atoms with Crippen LogP contribution < -0.4 is 9.47 Å². The van der Waals surface area contributed by atoms with Gasteiger partial charge in [-0.05, 0) is 71.4 Å². The fourth-order valence-corrected chi connectivity index (χ4v) is 3.62. The van der Waals surface area contributed by atoms with Crippen LogP contribution in [0.5, 0.6) is 11.5 Å². The van der Waals surface area contributed by atoms with Crippen LogP contribution in [0.3, 0.4) is 0 Å². The van der Waals surface area contributed by atoms with Crippen LogP contribution in [0.2, 0.25) is 0 Å². The van der Waals surface area contributed by atoms with Crippen LogP contribution in [0, 0.1) is 0 Å². The molecule has 0 spiro atoms. The van der Waals surface area contributed by atoms with E-state index in [4.69, 9.17) is 19.7 Å². The summed E-state index contributed by atoms with van der Waals surface area (Å²) in [4.78, 5) is 29.3. The molecule has 1 heterocycles. The maximum atomic E-state index is 12.9. The molecule has 1 aliphatic heterocycles. The normalized spacial score (nSPS) is 14.1. The molecule has 2 aromatic rings. The zero-order valence-corrected chi connectivity index (χ0v) is 18.2. The van der Waals surface area contributed by atoms with E-state index in [1.807, 2.05) is 24.3 Å². The highest BCUT2D eigenvalue weighted by atomic mass is 16.6. The van der Waals surface area contributed by atoms with E-state index in [1.54, 1.807) is 24.1 Å². The van der Waals surface area contributed by atoms with Crippen molar-refractivity contribution in [3.05, 3.63) is 69.6 Å². The number of likely N-dealkylation sites (tertiary alicyclic amines) is 1. The number of rotatable bonds is 7. The Kier molecular flexibility index (Phi) is 7.94. The smallest absolute Gasteiger partial charge is 0.410 e. The van der Waals surface area contributed by atoms with Gasteiger partial charge < -0.3 is 19.1 Å². The summed E-state index contributed by atoms with van der Waals surface area (Å²) in [6.07, 6.45) is 2.30. The van der Waals surface area contributed by atoms with E-state index in [2.05, 4.69) is 10.0 Å². The van der Waals surface area contributed by atoms with Crippen molar-refractivity contribution in [1.82, 2.24) is 4.90 Å². The molecule has 32 heavy (non-hydrogen) atoms. The average molecular weight is 438 g/mol. The molecule has 168 valence electrons. The number of amides is 2. The van der Waals surface area contributed by atoms with Gasteiger partial charge >= 0.3 is 6.09 Å². The lowest BCUT2D eigenvalue weighted by Crippen LogP contribution is -2.37. The van der Waals surface area contributed by atoms with Crippen molar-refractivity contribution >= 4 is 12.0 Å². The molecule has 1 saturated heterocycles.